The molecule has 0 aliphatic heterocycles. The molecule has 0 amide bonds. The monoisotopic (exact) mass is 816 g/mol. The number of ether oxygens (including phenoxy) is 2. The zero-order valence-corrected chi connectivity index (χ0v) is 34.8. The van der Waals surface area contributed by atoms with E-state index in [9.17, 15) is 39.4 Å². The number of pyridine rings is 2. The average molecular weight is 817 g/mol. The van der Waals surface area contributed by atoms with E-state index in [-0.39, 0.29) is 90.7 Å². The van der Waals surface area contributed by atoms with E-state index in [2.05, 4.69) is 23.5 Å². The van der Waals surface area contributed by atoms with Gasteiger partial charge >= 0.3 is 11.9 Å². The molecule has 2 fully saturated rings. The third-order valence-corrected chi connectivity index (χ3v) is 10.5. The van der Waals surface area contributed by atoms with Crippen LogP contribution in [-0.4, -0.2) is 46.9 Å². The molecule has 0 aromatic carbocycles. The molecule has 0 unspecified atom stereocenters. The molecule has 16 heteroatoms. The number of carbonyl (C=O) groups is 4. The van der Waals surface area contributed by atoms with E-state index in [0.29, 0.717) is 47.6 Å². The topological polar surface area (TPSA) is 199 Å². The molecule has 0 bridgehead atoms. The fourth-order valence-electron chi connectivity index (χ4n) is 7.24. The summed E-state index contributed by atoms with van der Waals surface area (Å²) in [4.78, 5) is 77.2. The minimum Gasteiger partial charge on any atom is -0.405 e. The predicted molar refractivity (Wildman–Crippen MR) is 212 cm³/mol. The van der Waals surface area contributed by atoms with Crippen molar-refractivity contribution in [3.05, 3.63) is 95.3 Å². The number of rotatable bonds is 22. The normalized spacial score (nSPS) is 15.1. The summed E-state index contributed by atoms with van der Waals surface area (Å²) >= 11 is 0. The molecule has 2 atom stereocenters. The third-order valence-electron chi connectivity index (χ3n) is 10.5. The van der Waals surface area contributed by atoms with Crippen LogP contribution in [0.2, 0.25) is 0 Å². The Labute approximate surface area is 342 Å². The summed E-state index contributed by atoms with van der Waals surface area (Å²) in [5.41, 5.74) is 0.936. The molecule has 58 heavy (non-hydrogen) atoms. The van der Waals surface area contributed by atoms with Crippen molar-refractivity contribution >= 4 is 23.5 Å². The van der Waals surface area contributed by atoms with E-state index in [0.717, 1.165) is 0 Å². The Balaban J connectivity index is 0.000000561. The maximum absolute atomic E-state index is 12.2. The van der Waals surface area contributed by atoms with Crippen LogP contribution in [0.4, 0.5) is 0 Å². The Morgan fingerprint density at radius 1 is 0.655 bits per heavy atom. The van der Waals surface area contributed by atoms with Gasteiger partial charge in [-0.05, 0) is 48.6 Å². The highest BCUT2D eigenvalue weighted by molar-refractivity contribution is 5.95. The minimum absolute atomic E-state index is 0. The van der Waals surface area contributed by atoms with Crippen molar-refractivity contribution in [1.29, 1.82) is 0 Å². The molecular formula is C42H64N4O12. The van der Waals surface area contributed by atoms with E-state index in [1.807, 2.05) is 0 Å². The Bertz CT molecular complexity index is 1460. The number of Topliss-reactive ketones (excluding diaryl/α,β-unsaturated/α-hetero) is 2. The largest absolute Gasteiger partial charge is 0.405 e. The molecule has 2 saturated carbocycles. The van der Waals surface area contributed by atoms with Crippen LogP contribution in [0.15, 0.2) is 49.1 Å². The van der Waals surface area contributed by atoms with Gasteiger partial charge in [0.25, 0.3) is 23.6 Å². The van der Waals surface area contributed by atoms with Crippen molar-refractivity contribution in [1.82, 2.24) is 0 Å². The van der Waals surface area contributed by atoms with E-state index >= 15 is 0 Å². The lowest BCUT2D eigenvalue weighted by atomic mass is 9.79. The maximum Gasteiger partial charge on any atom is 0.310 e. The van der Waals surface area contributed by atoms with Gasteiger partial charge in [-0.2, -0.15) is 9.13 Å². The smallest absolute Gasteiger partial charge is 0.310 e. The van der Waals surface area contributed by atoms with Gasteiger partial charge in [-0.15, -0.1) is 20.2 Å². The summed E-state index contributed by atoms with van der Waals surface area (Å²) in [7, 11) is 0. The van der Waals surface area contributed by atoms with E-state index in [1.165, 1.54) is 64.2 Å². The molecule has 16 nitrogen and oxygen atoms in total. The van der Waals surface area contributed by atoms with Gasteiger partial charge in [0.1, 0.15) is 0 Å². The Morgan fingerprint density at radius 3 is 1.36 bits per heavy atom. The minimum atomic E-state index is -0.871. The van der Waals surface area contributed by atoms with Gasteiger partial charge in [-0.3, -0.25) is 19.2 Å². The number of carbonyl (C=O) groups excluding carboxylic acids is 4. The SMILES string of the molecule is C[C@@H](CC(=O)OC[n+]1cccc(C(=O)CCCO[N+](=O)[O-])c1)C1CCCCC1.C[C@H](CC(=O)OC[n+]1cccc(C(=O)CCCO[N+](=O)[O-])c1)C1CCCCC1.[CH3-].[CH3-]. The van der Waals surface area contributed by atoms with Crippen LogP contribution in [0.3, 0.4) is 0 Å². The highest BCUT2D eigenvalue weighted by atomic mass is 17.0. The highest BCUT2D eigenvalue weighted by Crippen LogP contribution is 2.32. The third kappa shape index (κ3) is 20.4. The van der Waals surface area contributed by atoms with Crippen LogP contribution >= 0.6 is 0 Å². The zero-order chi connectivity index (χ0) is 40.7. The van der Waals surface area contributed by atoms with Crippen molar-refractivity contribution in [2.75, 3.05) is 13.2 Å². The lowest BCUT2D eigenvalue weighted by Gasteiger charge is -2.26. The molecule has 2 aliphatic rings. The predicted octanol–water partition coefficient (Wildman–Crippen LogP) is 7.41. The average Bonchev–Trinajstić information content (AvgIpc) is 3.20. The van der Waals surface area contributed by atoms with Gasteiger partial charge in [-0.25, -0.2) is 0 Å². The summed E-state index contributed by atoms with van der Waals surface area (Å²) in [5, 5.41) is 18.5. The van der Waals surface area contributed by atoms with Crippen LogP contribution in [0, 0.1) is 58.8 Å². The van der Waals surface area contributed by atoms with Crippen LogP contribution in [-0.2, 0) is 42.2 Å². The first-order chi connectivity index (χ1) is 26.9. The van der Waals surface area contributed by atoms with Gasteiger partial charge in [-0.1, -0.05) is 78.1 Å². The second-order valence-corrected chi connectivity index (χ2v) is 14.8. The molecule has 2 aliphatic carbocycles. The van der Waals surface area contributed by atoms with Crippen molar-refractivity contribution < 1.29 is 57.6 Å². The Hall–Kier alpha value is -5.02. The lowest BCUT2D eigenvalue weighted by molar-refractivity contribution is -0.757. The first-order valence-electron chi connectivity index (χ1n) is 19.8. The maximum atomic E-state index is 12.2. The fraction of sp³-hybridized carbons (Fsp3) is 0.619. The Kier molecular flexibility index (Phi) is 25.0. The molecule has 0 N–H and O–H groups in total. The molecular weight excluding hydrogens is 752 g/mol. The number of hydrogen-bond donors (Lipinski definition) is 0. The van der Waals surface area contributed by atoms with Gasteiger partial charge < -0.3 is 34.0 Å². The molecule has 0 radical (unpaired) electrons. The van der Waals surface area contributed by atoms with Crippen molar-refractivity contribution in [2.24, 2.45) is 23.7 Å². The fourth-order valence-corrected chi connectivity index (χ4v) is 7.24. The van der Waals surface area contributed by atoms with Gasteiger partial charge in [0.2, 0.25) is 0 Å². The second-order valence-electron chi connectivity index (χ2n) is 14.8. The van der Waals surface area contributed by atoms with Crippen LogP contribution in [0.5, 0.6) is 0 Å². The van der Waals surface area contributed by atoms with E-state index < -0.39 is 10.2 Å². The summed E-state index contributed by atoms with van der Waals surface area (Å²) in [5.74, 6) is 1.14. The summed E-state index contributed by atoms with van der Waals surface area (Å²) in [6, 6.07) is 6.75. The van der Waals surface area contributed by atoms with Crippen LogP contribution in [0.1, 0.15) is 137 Å². The van der Waals surface area contributed by atoms with Crippen molar-refractivity contribution in [3.8, 4) is 0 Å². The number of esters is 2. The molecule has 0 spiro atoms. The first-order valence-corrected chi connectivity index (χ1v) is 19.8. The van der Waals surface area contributed by atoms with Gasteiger partial charge in [0, 0.05) is 37.8 Å². The molecule has 4 rings (SSSR count). The molecule has 0 saturated heterocycles. The number of ketones is 2. The number of hydrogen-bond acceptors (Lipinski definition) is 12. The standard InChI is InChI=1S/2C20H29N2O6.2CH3/c2*1-16(17-7-3-2-4-8-17)13-20(24)27-15-21-11-5-9-18(14-21)19(23)10-6-12-28-22(25)26;;/h2*5,9,11,14,16-17H,2-4,6-8,10,12-13,15H2,1H3;2*1H3/q2*+1;2*-1/t2*16-;;/m10../s1. The lowest BCUT2D eigenvalue weighted by Crippen LogP contribution is -2.36. The summed E-state index contributed by atoms with van der Waals surface area (Å²) in [6.07, 6.45) is 20.7. The van der Waals surface area contributed by atoms with Gasteiger partial charge in [0.05, 0.1) is 24.3 Å². The quantitative estimate of drug-likeness (QED) is 0.0217. The van der Waals surface area contributed by atoms with Crippen molar-refractivity contribution in [2.45, 2.75) is 130 Å². The van der Waals surface area contributed by atoms with E-state index in [1.54, 1.807) is 58.2 Å². The zero-order valence-electron chi connectivity index (χ0n) is 34.8. The summed E-state index contributed by atoms with van der Waals surface area (Å²) in [6.45, 7) is 4.13. The Morgan fingerprint density at radius 2 is 1.02 bits per heavy atom. The molecule has 2 aromatic heterocycles. The molecule has 2 heterocycles. The van der Waals surface area contributed by atoms with Crippen molar-refractivity contribution in [3.63, 3.8) is 0 Å². The summed E-state index contributed by atoms with van der Waals surface area (Å²) < 4.78 is 14.0. The highest BCUT2D eigenvalue weighted by Gasteiger charge is 2.25. The molecule has 2 aromatic rings. The van der Waals surface area contributed by atoms with Crippen LogP contribution < -0.4 is 9.13 Å². The molecule has 324 valence electrons. The second kappa shape index (κ2) is 28.4. The van der Waals surface area contributed by atoms with Gasteiger partial charge in [0.15, 0.2) is 36.4 Å². The number of nitrogens with zero attached hydrogens (tertiary/aromatic N) is 4. The van der Waals surface area contributed by atoms with E-state index in [4.69, 9.17) is 9.47 Å². The number of aromatic nitrogens is 2. The first kappa shape index (κ1) is 51.0. The van der Waals surface area contributed by atoms with Crippen LogP contribution in [0.25, 0.3) is 0 Å².